The minimum Gasteiger partial charge on any atom is -0.456 e. The molecule has 0 bridgehead atoms. The van der Waals surface area contributed by atoms with Gasteiger partial charge in [0.05, 0.1) is 10.8 Å². The number of nitro groups is 1. The van der Waals surface area contributed by atoms with Crippen LogP contribution in [0.3, 0.4) is 0 Å². The molecule has 20 heavy (non-hydrogen) atoms. The molecule has 0 spiro atoms. The maximum Gasteiger partial charge on any atom is 0.319 e. The van der Waals surface area contributed by atoms with Gasteiger partial charge >= 0.3 is 5.97 Å². The van der Waals surface area contributed by atoms with E-state index in [4.69, 9.17) is 4.74 Å². The highest BCUT2D eigenvalue weighted by atomic mass is 16.6. The zero-order valence-corrected chi connectivity index (χ0v) is 11.5. The molecular weight excluding hydrogens is 262 g/mol. The number of nitrogens with zero attached hydrogens (tertiary/aromatic N) is 1. The number of hydrogen-bond acceptors (Lipinski definition) is 5. The van der Waals surface area contributed by atoms with E-state index in [1.807, 2.05) is 0 Å². The lowest BCUT2D eigenvalue weighted by atomic mass is 9.76. The summed E-state index contributed by atoms with van der Waals surface area (Å²) in [4.78, 5) is 34.2. The van der Waals surface area contributed by atoms with E-state index < -0.39 is 28.3 Å². The predicted molar refractivity (Wildman–Crippen MR) is 69.9 cm³/mol. The van der Waals surface area contributed by atoms with Gasteiger partial charge in [0.2, 0.25) is 0 Å². The molecule has 0 aromatic heterocycles. The Kier molecular flexibility index (Phi) is 3.33. The van der Waals surface area contributed by atoms with E-state index in [1.54, 1.807) is 20.8 Å². The van der Waals surface area contributed by atoms with Crippen molar-refractivity contribution in [2.45, 2.75) is 26.9 Å². The monoisotopic (exact) mass is 277 g/mol. The summed E-state index contributed by atoms with van der Waals surface area (Å²) >= 11 is 0. The molecule has 0 amide bonds. The Morgan fingerprint density at radius 3 is 2.25 bits per heavy atom. The molecule has 0 aliphatic carbocycles. The normalized spacial score (nSPS) is 25.1. The molecule has 6 nitrogen and oxygen atoms in total. The van der Waals surface area contributed by atoms with Crippen molar-refractivity contribution in [1.29, 1.82) is 0 Å². The van der Waals surface area contributed by atoms with E-state index in [2.05, 4.69) is 0 Å². The number of Topliss-reactive ketones (excluding diaryl/α,β-unsaturated/α-hetero) is 1. The molecule has 2 atom stereocenters. The van der Waals surface area contributed by atoms with Crippen molar-refractivity contribution in [2.24, 2.45) is 11.3 Å². The lowest BCUT2D eigenvalue weighted by molar-refractivity contribution is -0.384. The molecule has 1 aliphatic heterocycles. The van der Waals surface area contributed by atoms with Gasteiger partial charge in [-0.1, -0.05) is 6.92 Å². The van der Waals surface area contributed by atoms with E-state index >= 15 is 0 Å². The molecule has 0 radical (unpaired) electrons. The van der Waals surface area contributed by atoms with Gasteiger partial charge in [-0.25, -0.2) is 0 Å². The van der Waals surface area contributed by atoms with Gasteiger partial charge in [-0.2, -0.15) is 0 Å². The second-order valence-corrected chi connectivity index (χ2v) is 5.45. The van der Waals surface area contributed by atoms with Crippen molar-refractivity contribution < 1.29 is 19.2 Å². The first-order valence-electron chi connectivity index (χ1n) is 6.25. The van der Waals surface area contributed by atoms with Crippen LogP contribution in [0.25, 0.3) is 0 Å². The van der Waals surface area contributed by atoms with Crippen LogP contribution < -0.4 is 0 Å². The third kappa shape index (κ3) is 2.17. The number of non-ortho nitro benzene ring substituents is 1. The number of hydrogen-bond donors (Lipinski definition) is 0. The SMILES string of the molecule is C[C@H]1C(=O)C(C)(C)C(=O)O[C@@H]1c1ccc([N+](=O)[O-])cc1. The van der Waals surface area contributed by atoms with Crippen molar-refractivity contribution in [2.75, 3.05) is 0 Å². The molecule has 2 rings (SSSR count). The van der Waals surface area contributed by atoms with Crippen LogP contribution in [0.4, 0.5) is 5.69 Å². The zero-order valence-electron chi connectivity index (χ0n) is 11.5. The van der Waals surface area contributed by atoms with Crippen molar-refractivity contribution in [1.82, 2.24) is 0 Å². The van der Waals surface area contributed by atoms with E-state index in [9.17, 15) is 19.7 Å². The molecule has 1 fully saturated rings. The molecule has 1 aromatic rings. The van der Waals surface area contributed by atoms with Crippen LogP contribution in [0.5, 0.6) is 0 Å². The third-order valence-corrected chi connectivity index (χ3v) is 3.66. The molecule has 1 heterocycles. The number of carbonyl (C=O) groups is 2. The number of cyclic esters (lactones) is 1. The Balaban J connectivity index is 2.31. The highest BCUT2D eigenvalue weighted by Crippen LogP contribution is 2.39. The van der Waals surface area contributed by atoms with E-state index in [-0.39, 0.29) is 11.5 Å². The standard InChI is InChI=1S/C14H15NO5/c1-8-11(20-13(17)14(2,3)12(8)16)9-4-6-10(7-5-9)15(18)19/h4-8,11H,1-3H3/t8-,11+/m1/s1. The smallest absolute Gasteiger partial charge is 0.319 e. The van der Waals surface area contributed by atoms with Gasteiger partial charge in [0, 0.05) is 12.1 Å². The van der Waals surface area contributed by atoms with Gasteiger partial charge < -0.3 is 4.74 Å². The second-order valence-electron chi connectivity index (χ2n) is 5.45. The van der Waals surface area contributed by atoms with Crippen LogP contribution in [-0.4, -0.2) is 16.7 Å². The first kappa shape index (κ1) is 14.2. The van der Waals surface area contributed by atoms with E-state index in [0.29, 0.717) is 5.56 Å². The summed E-state index contributed by atoms with van der Waals surface area (Å²) < 4.78 is 5.34. The van der Waals surface area contributed by atoms with Gasteiger partial charge in [-0.15, -0.1) is 0 Å². The summed E-state index contributed by atoms with van der Waals surface area (Å²) in [6.45, 7) is 4.78. The Morgan fingerprint density at radius 2 is 1.75 bits per heavy atom. The Bertz CT molecular complexity index is 576. The molecule has 0 N–H and O–H groups in total. The summed E-state index contributed by atoms with van der Waals surface area (Å²) in [7, 11) is 0. The average Bonchev–Trinajstić information content (AvgIpc) is 2.41. The fraction of sp³-hybridized carbons (Fsp3) is 0.429. The minimum absolute atomic E-state index is 0.0461. The minimum atomic E-state index is -1.14. The Morgan fingerprint density at radius 1 is 1.20 bits per heavy atom. The summed E-state index contributed by atoms with van der Waals surface area (Å²) in [6.07, 6.45) is -0.691. The number of carbonyl (C=O) groups excluding carboxylic acids is 2. The van der Waals surface area contributed by atoms with Crippen LogP contribution in [0.2, 0.25) is 0 Å². The van der Waals surface area contributed by atoms with Gasteiger partial charge in [-0.05, 0) is 31.5 Å². The maximum absolute atomic E-state index is 12.2. The van der Waals surface area contributed by atoms with Crippen LogP contribution in [0.15, 0.2) is 24.3 Å². The lowest BCUT2D eigenvalue weighted by Crippen LogP contribution is -2.46. The topological polar surface area (TPSA) is 86.5 Å². The highest BCUT2D eigenvalue weighted by Gasteiger charge is 2.49. The van der Waals surface area contributed by atoms with E-state index in [1.165, 1.54) is 24.3 Å². The maximum atomic E-state index is 12.2. The summed E-state index contributed by atoms with van der Waals surface area (Å²) in [5, 5.41) is 10.6. The zero-order chi connectivity index (χ0) is 15.1. The quantitative estimate of drug-likeness (QED) is 0.358. The molecule has 1 saturated heterocycles. The number of benzene rings is 1. The van der Waals surface area contributed by atoms with Crippen LogP contribution in [-0.2, 0) is 14.3 Å². The van der Waals surface area contributed by atoms with Gasteiger partial charge in [0.25, 0.3) is 5.69 Å². The number of nitro benzene ring substituents is 1. The largest absolute Gasteiger partial charge is 0.456 e. The third-order valence-electron chi connectivity index (χ3n) is 3.66. The average molecular weight is 277 g/mol. The Labute approximate surface area is 115 Å². The molecule has 6 heteroatoms. The summed E-state index contributed by atoms with van der Waals surface area (Å²) in [5.41, 5.74) is -0.605. The Hall–Kier alpha value is -2.24. The van der Waals surface area contributed by atoms with Crippen LogP contribution in [0, 0.1) is 21.4 Å². The van der Waals surface area contributed by atoms with Crippen molar-refractivity contribution in [3.8, 4) is 0 Å². The molecule has 1 aliphatic rings. The lowest BCUT2D eigenvalue weighted by Gasteiger charge is -2.36. The number of ether oxygens (including phenoxy) is 1. The molecular formula is C14H15NO5. The van der Waals surface area contributed by atoms with Crippen molar-refractivity contribution >= 4 is 17.4 Å². The molecule has 106 valence electrons. The molecule has 1 aromatic carbocycles. The van der Waals surface area contributed by atoms with Gasteiger partial charge in [0.15, 0.2) is 5.78 Å². The van der Waals surface area contributed by atoms with Crippen LogP contribution >= 0.6 is 0 Å². The van der Waals surface area contributed by atoms with Crippen molar-refractivity contribution in [3.63, 3.8) is 0 Å². The second kappa shape index (κ2) is 4.70. The number of ketones is 1. The van der Waals surface area contributed by atoms with Crippen molar-refractivity contribution in [3.05, 3.63) is 39.9 Å². The molecule has 0 unspecified atom stereocenters. The predicted octanol–water partition coefficient (Wildman–Crippen LogP) is 2.42. The number of rotatable bonds is 2. The fourth-order valence-electron chi connectivity index (χ4n) is 2.31. The summed E-state index contributed by atoms with van der Waals surface area (Å²) in [5.74, 6) is -1.23. The van der Waals surface area contributed by atoms with Gasteiger partial charge in [-0.3, -0.25) is 19.7 Å². The fourth-order valence-corrected chi connectivity index (χ4v) is 2.31. The first-order chi connectivity index (χ1) is 9.25. The first-order valence-corrected chi connectivity index (χ1v) is 6.25. The molecule has 0 saturated carbocycles. The summed E-state index contributed by atoms with van der Waals surface area (Å²) in [6, 6.07) is 5.69. The highest BCUT2D eigenvalue weighted by molar-refractivity contribution is 6.06. The van der Waals surface area contributed by atoms with Gasteiger partial charge in [0.1, 0.15) is 11.5 Å². The van der Waals surface area contributed by atoms with E-state index in [0.717, 1.165) is 0 Å². The van der Waals surface area contributed by atoms with Crippen LogP contribution in [0.1, 0.15) is 32.4 Å². The number of esters is 1.